The van der Waals surface area contributed by atoms with E-state index in [2.05, 4.69) is 5.32 Å². The Morgan fingerprint density at radius 2 is 1.33 bits per heavy atom. The third-order valence-electron chi connectivity index (χ3n) is 7.36. The molecular weight excluding hydrogens is 679 g/mol. The Morgan fingerprint density at radius 3 is 1.80 bits per heavy atom. The monoisotopic (exact) mass is 727 g/mol. The van der Waals surface area contributed by atoms with Crippen molar-refractivity contribution < 1.29 is 58.7 Å². The maximum atomic E-state index is 14.6. The minimum absolute atomic E-state index is 0.0356. The van der Waals surface area contributed by atoms with E-state index in [1.165, 1.54) is 31.2 Å². The van der Waals surface area contributed by atoms with Gasteiger partial charge in [-0.2, -0.15) is 26.3 Å². The second kappa shape index (κ2) is 14.2. The van der Waals surface area contributed by atoms with Crippen LogP contribution in [0.15, 0.2) is 30.3 Å². The highest BCUT2D eigenvalue weighted by atomic mass is 31.2. The molecule has 1 amide bonds. The van der Waals surface area contributed by atoms with Crippen molar-refractivity contribution in [2.45, 2.75) is 136 Å². The molecule has 1 saturated carbocycles. The summed E-state index contributed by atoms with van der Waals surface area (Å²) in [6, 6.07) is 6.47. The Morgan fingerprint density at radius 1 is 0.776 bits per heavy atom. The highest BCUT2D eigenvalue weighted by Gasteiger charge is 2.46. The molecule has 1 fully saturated rings. The second-order valence-electron chi connectivity index (χ2n) is 15.5. The van der Waals surface area contributed by atoms with Crippen molar-refractivity contribution in [1.29, 1.82) is 0 Å². The average Bonchev–Trinajstić information content (AvgIpc) is 2.87. The quantitative estimate of drug-likeness (QED) is 0.203. The maximum absolute atomic E-state index is 14.6. The predicted molar refractivity (Wildman–Crippen MR) is 173 cm³/mol. The summed E-state index contributed by atoms with van der Waals surface area (Å²) in [5.41, 5.74) is -5.46. The molecule has 8 nitrogen and oxygen atoms in total. The molecule has 0 spiro atoms. The Kier molecular flexibility index (Phi) is 11.9. The van der Waals surface area contributed by atoms with Gasteiger partial charge in [0.25, 0.3) is 0 Å². The second-order valence-corrected chi connectivity index (χ2v) is 17.0. The lowest BCUT2D eigenvalue weighted by Crippen LogP contribution is -2.43. The van der Waals surface area contributed by atoms with E-state index in [0.29, 0.717) is 0 Å². The molecule has 0 heterocycles. The molecule has 15 heteroatoms. The zero-order valence-corrected chi connectivity index (χ0v) is 30.5. The molecule has 1 N–H and O–H groups in total. The number of phosphoric acid groups is 1. The number of carbonyl (C=O) groups is 1. The number of carbonyl (C=O) groups excluding carboxylic acids is 1. The molecule has 1 aliphatic carbocycles. The molecule has 0 bridgehead atoms. The fraction of sp³-hybridized carbons (Fsp3) is 0.676. The summed E-state index contributed by atoms with van der Waals surface area (Å²) in [5.74, 6) is -2.00. The zero-order valence-electron chi connectivity index (χ0n) is 29.6. The molecule has 0 aromatic heterocycles. The SMILES string of the molecule is CC(C)(C)OC(=O)NC[C@](C)(OP(=O)(OC(C)(C)C)OC(C)(C)C)c1ccc2c(C(F)(F)F)c(OC3CCC(C(F)(F)F)CC3)ccc2c1. The van der Waals surface area contributed by atoms with E-state index in [4.69, 9.17) is 23.0 Å². The molecule has 0 unspecified atom stereocenters. The average molecular weight is 728 g/mol. The van der Waals surface area contributed by atoms with Crippen LogP contribution in [0.4, 0.5) is 31.1 Å². The number of alkyl halides is 6. The van der Waals surface area contributed by atoms with Crippen molar-refractivity contribution in [3.8, 4) is 5.75 Å². The molecule has 1 aliphatic rings. The van der Waals surface area contributed by atoms with Crippen LogP contribution in [0.1, 0.15) is 106 Å². The molecule has 0 aliphatic heterocycles. The molecule has 1 atom stereocenters. The zero-order chi connectivity index (χ0) is 37.4. The maximum Gasteiger partial charge on any atom is 0.476 e. The first-order valence-electron chi connectivity index (χ1n) is 16.1. The van der Waals surface area contributed by atoms with Crippen LogP contribution in [0.25, 0.3) is 10.8 Å². The van der Waals surface area contributed by atoms with Gasteiger partial charge in [0.15, 0.2) is 0 Å². The number of ether oxygens (including phenoxy) is 2. The third kappa shape index (κ3) is 12.0. The van der Waals surface area contributed by atoms with Crippen LogP contribution in [0, 0.1) is 5.92 Å². The molecule has 2 aromatic carbocycles. The summed E-state index contributed by atoms with van der Waals surface area (Å²) in [6.45, 7) is 16.0. The topological polar surface area (TPSA) is 92.3 Å². The summed E-state index contributed by atoms with van der Waals surface area (Å²) in [7, 11) is -4.45. The first-order chi connectivity index (χ1) is 22.0. The normalized spacial score (nSPS) is 19.8. The van der Waals surface area contributed by atoms with Crippen LogP contribution >= 0.6 is 7.82 Å². The van der Waals surface area contributed by atoms with Crippen LogP contribution in [0.3, 0.4) is 0 Å². The minimum Gasteiger partial charge on any atom is -0.490 e. The lowest BCUT2D eigenvalue weighted by Gasteiger charge is -2.38. The minimum atomic E-state index is -4.88. The van der Waals surface area contributed by atoms with E-state index in [1.54, 1.807) is 62.3 Å². The van der Waals surface area contributed by atoms with E-state index >= 15 is 0 Å². The number of fused-ring (bicyclic) bond motifs is 1. The lowest BCUT2D eigenvalue weighted by molar-refractivity contribution is -0.185. The van der Waals surface area contributed by atoms with Crippen molar-refractivity contribution in [3.05, 3.63) is 41.5 Å². The molecule has 2 aromatic rings. The van der Waals surface area contributed by atoms with Crippen molar-refractivity contribution in [1.82, 2.24) is 5.32 Å². The number of benzene rings is 2. The van der Waals surface area contributed by atoms with Gasteiger partial charge in [-0.05, 0) is 123 Å². The van der Waals surface area contributed by atoms with Gasteiger partial charge in [-0.1, -0.05) is 18.2 Å². The largest absolute Gasteiger partial charge is 0.490 e. The molecule has 3 rings (SSSR count). The number of hydrogen-bond donors (Lipinski definition) is 1. The first-order valence-corrected chi connectivity index (χ1v) is 17.5. The van der Waals surface area contributed by atoms with Crippen molar-refractivity contribution >= 4 is 24.7 Å². The fourth-order valence-corrected chi connectivity index (χ4v) is 7.55. The van der Waals surface area contributed by atoms with Gasteiger partial charge in [0.1, 0.15) is 22.5 Å². The number of hydrogen-bond acceptors (Lipinski definition) is 7. The lowest BCUT2D eigenvalue weighted by atomic mass is 9.87. The van der Waals surface area contributed by atoms with Gasteiger partial charge in [-0.15, -0.1) is 0 Å². The fourth-order valence-electron chi connectivity index (χ4n) is 5.43. The predicted octanol–water partition coefficient (Wildman–Crippen LogP) is 10.9. The highest BCUT2D eigenvalue weighted by Crippen LogP contribution is 2.59. The van der Waals surface area contributed by atoms with E-state index in [-0.39, 0.29) is 48.6 Å². The van der Waals surface area contributed by atoms with Gasteiger partial charge in [-0.25, -0.2) is 9.36 Å². The molecule has 0 saturated heterocycles. The third-order valence-corrected chi connectivity index (χ3v) is 9.53. The number of halogens is 6. The highest BCUT2D eigenvalue weighted by molar-refractivity contribution is 7.48. The van der Waals surface area contributed by atoms with Gasteiger partial charge >= 0.3 is 26.3 Å². The Hall–Kier alpha value is -2.54. The molecule has 49 heavy (non-hydrogen) atoms. The van der Waals surface area contributed by atoms with Crippen LogP contribution < -0.4 is 10.1 Å². The number of nitrogens with one attached hydrogen (secondary N) is 1. The summed E-state index contributed by atoms with van der Waals surface area (Å²) in [4.78, 5) is 12.7. The van der Waals surface area contributed by atoms with Crippen molar-refractivity contribution in [2.75, 3.05) is 6.54 Å². The summed E-state index contributed by atoms with van der Waals surface area (Å²) >= 11 is 0. The van der Waals surface area contributed by atoms with Crippen molar-refractivity contribution in [3.63, 3.8) is 0 Å². The van der Waals surface area contributed by atoms with Gasteiger partial charge in [0, 0.05) is 0 Å². The van der Waals surface area contributed by atoms with Crippen LogP contribution in [-0.2, 0) is 34.7 Å². The standard InChI is InChI=1S/C34H48F6NO7P/c1-29(2,3)45-28(42)41-20-32(10,48-49(43,46-30(4,5)6)47-31(7,8)9)23-14-17-25-21(19-23)11-18-26(27(25)34(38,39)40)44-24-15-12-22(13-16-24)33(35,36)37/h11,14,17-19,22,24H,12-13,15-16,20H2,1-10H3,(H,41,42)/t22?,24?,32-/m0/s1. The summed E-state index contributed by atoms with van der Waals surface area (Å²) < 4.78 is 126. The van der Waals surface area contributed by atoms with Gasteiger partial charge in [0.2, 0.25) is 0 Å². The van der Waals surface area contributed by atoms with E-state index in [9.17, 15) is 35.7 Å². The summed E-state index contributed by atoms with van der Waals surface area (Å²) in [6.07, 6.45) is -11.4. The number of phosphoric ester groups is 1. The van der Waals surface area contributed by atoms with Crippen LogP contribution in [-0.4, -0.2) is 41.7 Å². The van der Waals surface area contributed by atoms with E-state index in [0.717, 1.165) is 6.07 Å². The number of alkyl carbamates (subject to hydrolysis) is 1. The Labute approximate surface area is 284 Å². The van der Waals surface area contributed by atoms with Crippen LogP contribution in [0.2, 0.25) is 0 Å². The van der Waals surface area contributed by atoms with Gasteiger partial charge in [-0.3, -0.25) is 13.6 Å². The van der Waals surface area contributed by atoms with Gasteiger partial charge in [0.05, 0.1) is 29.8 Å². The van der Waals surface area contributed by atoms with Gasteiger partial charge < -0.3 is 14.8 Å². The van der Waals surface area contributed by atoms with E-state index < -0.39 is 72.0 Å². The number of rotatable bonds is 9. The van der Waals surface area contributed by atoms with Crippen molar-refractivity contribution in [2.24, 2.45) is 5.92 Å². The number of amides is 1. The first kappa shape index (κ1) is 40.9. The molecule has 0 radical (unpaired) electrons. The van der Waals surface area contributed by atoms with E-state index in [1.807, 2.05) is 0 Å². The smallest absolute Gasteiger partial charge is 0.476 e. The molecular formula is C34H48F6NO7P. The summed E-state index contributed by atoms with van der Waals surface area (Å²) in [5, 5.41) is 2.46. The van der Waals surface area contributed by atoms with Crippen LogP contribution in [0.5, 0.6) is 5.75 Å². The Balaban J connectivity index is 2.08. The molecule has 278 valence electrons. The Bertz CT molecular complexity index is 1500.